The minimum atomic E-state index is -0.878. The fourth-order valence-electron chi connectivity index (χ4n) is 1.52. The van der Waals surface area contributed by atoms with E-state index in [0.29, 0.717) is 14.2 Å². The van der Waals surface area contributed by atoms with E-state index < -0.39 is 11.9 Å². The Morgan fingerprint density at radius 3 is 1.62 bits per heavy atom. The standard InChI is InChI=1S/C7H8BrNOS.2C5H3BrO2S/c1-9(2)7(10)6-5(8)3-4-11-6;6-3-1-4(5(7)8)9-2-3;6-3-1-2-9-4(3)5(7)8/h3-4H,1-2H3;2*1-2H,(H,7,8). The number of carbonyl (C=O) groups excluding carboxylic acids is 1. The quantitative estimate of drug-likeness (QED) is 0.333. The third-order valence-electron chi connectivity index (χ3n) is 2.81. The summed E-state index contributed by atoms with van der Waals surface area (Å²) in [6.45, 7) is 0. The molecule has 3 aromatic heterocycles. The molecule has 0 unspecified atom stereocenters. The minimum absolute atomic E-state index is 0.0480. The molecule has 3 rings (SSSR count). The summed E-state index contributed by atoms with van der Waals surface area (Å²) < 4.78 is 2.35. The molecule has 0 spiro atoms. The van der Waals surface area contributed by atoms with Crippen molar-refractivity contribution >= 4 is 99.6 Å². The van der Waals surface area contributed by atoms with E-state index in [0.717, 1.165) is 13.8 Å². The molecule has 3 heterocycles. The van der Waals surface area contributed by atoms with Crippen molar-refractivity contribution in [3.05, 3.63) is 62.4 Å². The Morgan fingerprint density at radius 1 is 0.862 bits per heavy atom. The summed E-state index contributed by atoms with van der Waals surface area (Å²) in [6, 6.07) is 5.17. The zero-order valence-electron chi connectivity index (χ0n) is 14.9. The van der Waals surface area contributed by atoms with Crippen LogP contribution in [0.5, 0.6) is 0 Å². The molecule has 6 nitrogen and oxygen atoms in total. The SMILES string of the molecule is CN(C)C(=O)c1sccc1Br.O=C(O)c1cc(Br)cs1.O=C(O)c1sccc1Br. The number of hydrogen-bond donors (Lipinski definition) is 2. The first-order valence-electron chi connectivity index (χ1n) is 7.42. The summed E-state index contributed by atoms with van der Waals surface area (Å²) >= 11 is 13.4. The third-order valence-corrected chi connectivity index (χ3v) is 8.14. The van der Waals surface area contributed by atoms with Gasteiger partial charge in [-0.25, -0.2) is 9.59 Å². The van der Waals surface area contributed by atoms with Crippen molar-refractivity contribution in [3.63, 3.8) is 0 Å². The Hall–Kier alpha value is -1.05. The number of aromatic carboxylic acids is 2. The highest BCUT2D eigenvalue weighted by molar-refractivity contribution is 9.11. The first kappa shape index (κ1) is 26.0. The Labute approximate surface area is 204 Å². The predicted molar refractivity (Wildman–Crippen MR) is 128 cm³/mol. The van der Waals surface area contributed by atoms with Crippen LogP contribution >= 0.6 is 81.8 Å². The molecule has 156 valence electrons. The summed E-state index contributed by atoms with van der Waals surface area (Å²) in [5, 5.41) is 22.2. The number of hydrogen-bond acceptors (Lipinski definition) is 6. The van der Waals surface area contributed by atoms with Gasteiger partial charge in [0.05, 0.1) is 0 Å². The fourth-order valence-corrected chi connectivity index (χ4v) is 5.73. The van der Waals surface area contributed by atoms with Crippen molar-refractivity contribution < 1.29 is 24.6 Å². The van der Waals surface area contributed by atoms with Gasteiger partial charge in [-0.2, -0.15) is 0 Å². The van der Waals surface area contributed by atoms with Gasteiger partial charge in [-0.1, -0.05) is 0 Å². The van der Waals surface area contributed by atoms with Gasteiger partial charge in [0.25, 0.3) is 5.91 Å². The molecule has 0 atom stereocenters. The summed E-state index contributed by atoms with van der Waals surface area (Å²) in [7, 11) is 3.49. The van der Waals surface area contributed by atoms with E-state index in [1.807, 2.05) is 11.4 Å². The van der Waals surface area contributed by atoms with Gasteiger partial charge in [-0.05, 0) is 76.7 Å². The Balaban J connectivity index is 0.000000219. The molecule has 12 heteroatoms. The zero-order chi connectivity index (χ0) is 22.1. The summed E-state index contributed by atoms with van der Waals surface area (Å²) in [5.41, 5.74) is 0. The highest BCUT2D eigenvalue weighted by Crippen LogP contribution is 2.23. The molecule has 0 saturated heterocycles. The van der Waals surface area contributed by atoms with Crippen LogP contribution in [0.15, 0.2) is 47.8 Å². The van der Waals surface area contributed by atoms with Crippen molar-refractivity contribution in [3.8, 4) is 0 Å². The molecule has 0 aliphatic rings. The van der Waals surface area contributed by atoms with E-state index in [1.54, 1.807) is 41.9 Å². The molecule has 2 N–H and O–H groups in total. The van der Waals surface area contributed by atoms with Crippen LogP contribution in [-0.4, -0.2) is 47.1 Å². The van der Waals surface area contributed by atoms with Crippen molar-refractivity contribution in [2.24, 2.45) is 0 Å². The molecule has 0 bridgehead atoms. The van der Waals surface area contributed by atoms with Gasteiger partial charge in [0.2, 0.25) is 0 Å². The lowest BCUT2D eigenvalue weighted by molar-refractivity contribution is 0.0690. The van der Waals surface area contributed by atoms with E-state index in [9.17, 15) is 14.4 Å². The largest absolute Gasteiger partial charge is 0.477 e. The number of rotatable bonds is 3. The van der Waals surface area contributed by atoms with Gasteiger partial charge in [-0.15, -0.1) is 34.0 Å². The van der Waals surface area contributed by atoms with Gasteiger partial charge in [0, 0.05) is 32.9 Å². The van der Waals surface area contributed by atoms with Crippen LogP contribution in [0.1, 0.15) is 29.0 Å². The smallest absolute Gasteiger partial charge is 0.347 e. The Kier molecular flexibility index (Phi) is 11.3. The van der Waals surface area contributed by atoms with E-state index in [4.69, 9.17) is 10.2 Å². The highest BCUT2D eigenvalue weighted by atomic mass is 79.9. The summed E-state index contributed by atoms with van der Waals surface area (Å²) in [4.78, 5) is 34.8. The lowest BCUT2D eigenvalue weighted by atomic mass is 10.4. The average Bonchev–Trinajstić information content (AvgIpc) is 3.36. The minimum Gasteiger partial charge on any atom is -0.477 e. The number of carboxylic acids is 2. The topological polar surface area (TPSA) is 94.9 Å². The molecule has 1 amide bonds. The molecule has 29 heavy (non-hydrogen) atoms. The van der Waals surface area contributed by atoms with E-state index in [-0.39, 0.29) is 5.91 Å². The summed E-state index contributed by atoms with van der Waals surface area (Å²) in [6.07, 6.45) is 0. The van der Waals surface area contributed by atoms with E-state index in [2.05, 4.69) is 47.8 Å². The lowest BCUT2D eigenvalue weighted by Gasteiger charge is -2.07. The second kappa shape index (κ2) is 12.6. The van der Waals surface area contributed by atoms with Crippen molar-refractivity contribution in [1.82, 2.24) is 4.90 Å². The van der Waals surface area contributed by atoms with Gasteiger partial charge in [0.1, 0.15) is 14.6 Å². The number of thiophene rings is 3. The summed E-state index contributed by atoms with van der Waals surface area (Å²) in [5.74, 6) is -1.70. The molecule has 0 saturated carbocycles. The average molecular weight is 648 g/mol. The lowest BCUT2D eigenvalue weighted by Crippen LogP contribution is -2.20. The maximum Gasteiger partial charge on any atom is 0.347 e. The molecule has 0 aliphatic carbocycles. The highest BCUT2D eigenvalue weighted by Gasteiger charge is 2.12. The Morgan fingerprint density at radius 2 is 1.38 bits per heavy atom. The number of carboxylic acid groups (broad SMARTS) is 2. The van der Waals surface area contributed by atoms with Crippen molar-refractivity contribution in [2.75, 3.05) is 14.1 Å². The first-order chi connectivity index (χ1) is 13.5. The van der Waals surface area contributed by atoms with Gasteiger partial charge in [0.15, 0.2) is 0 Å². The van der Waals surface area contributed by atoms with Crippen LogP contribution in [0.3, 0.4) is 0 Å². The normalized spacial score (nSPS) is 9.55. The molecular formula is C17H14Br3NO5S3. The van der Waals surface area contributed by atoms with Crippen LogP contribution in [-0.2, 0) is 0 Å². The van der Waals surface area contributed by atoms with Crippen LogP contribution in [0, 0.1) is 0 Å². The number of nitrogens with zero attached hydrogens (tertiary/aromatic N) is 1. The second-order valence-electron chi connectivity index (χ2n) is 5.13. The van der Waals surface area contributed by atoms with Gasteiger partial charge >= 0.3 is 11.9 Å². The molecule has 3 aromatic rings. The molecule has 0 aliphatic heterocycles. The fraction of sp³-hybridized carbons (Fsp3) is 0.118. The number of halogens is 3. The third kappa shape index (κ3) is 8.69. The maximum absolute atomic E-state index is 11.3. The molecule has 0 aromatic carbocycles. The number of amides is 1. The van der Waals surface area contributed by atoms with E-state index in [1.165, 1.54) is 34.0 Å². The van der Waals surface area contributed by atoms with Crippen molar-refractivity contribution in [2.45, 2.75) is 0 Å². The van der Waals surface area contributed by atoms with E-state index >= 15 is 0 Å². The van der Waals surface area contributed by atoms with Crippen LogP contribution in [0.2, 0.25) is 0 Å². The predicted octanol–water partition coefficient (Wildman–Crippen LogP) is 6.63. The van der Waals surface area contributed by atoms with Crippen molar-refractivity contribution in [1.29, 1.82) is 0 Å². The van der Waals surface area contributed by atoms with Crippen LogP contribution in [0.4, 0.5) is 0 Å². The molecule has 0 fully saturated rings. The van der Waals surface area contributed by atoms with Crippen LogP contribution < -0.4 is 0 Å². The monoisotopic (exact) mass is 645 g/mol. The first-order valence-corrected chi connectivity index (χ1v) is 12.4. The maximum atomic E-state index is 11.3. The molecule has 0 radical (unpaired) electrons. The zero-order valence-corrected chi connectivity index (χ0v) is 22.1. The second-order valence-corrected chi connectivity index (χ2v) is 10.5. The number of carbonyl (C=O) groups is 3. The molecular weight excluding hydrogens is 634 g/mol. The van der Waals surface area contributed by atoms with Gasteiger partial charge < -0.3 is 15.1 Å². The van der Waals surface area contributed by atoms with Crippen LogP contribution in [0.25, 0.3) is 0 Å². The van der Waals surface area contributed by atoms with Gasteiger partial charge in [-0.3, -0.25) is 4.79 Å². The Bertz CT molecular complexity index is 981.